The lowest BCUT2D eigenvalue weighted by atomic mass is 10.0. The quantitative estimate of drug-likeness (QED) is 0.254. The fourth-order valence-corrected chi connectivity index (χ4v) is 3.73. The Labute approximate surface area is 181 Å². The molecule has 0 aromatic carbocycles. The van der Waals surface area contributed by atoms with Gasteiger partial charge in [0.1, 0.15) is 11.9 Å². The van der Waals surface area contributed by atoms with E-state index in [-0.39, 0.29) is 11.9 Å². The first-order valence-electron chi connectivity index (χ1n) is 11.7. The number of carboxylic acids is 1. The predicted octanol–water partition coefficient (Wildman–Crippen LogP) is 2.64. The second kappa shape index (κ2) is 16.6. The Bertz CT molecular complexity index is 468. The summed E-state index contributed by atoms with van der Waals surface area (Å²) in [5.74, 6) is -1.51. The highest BCUT2D eigenvalue weighted by Gasteiger charge is 2.34. The number of hydrogen-bond donors (Lipinski definition) is 2. The van der Waals surface area contributed by atoms with Crippen molar-refractivity contribution in [1.29, 1.82) is 0 Å². The molecule has 7 heteroatoms. The van der Waals surface area contributed by atoms with E-state index >= 15 is 0 Å². The number of aliphatic hydroxyl groups is 2. The highest BCUT2D eigenvalue weighted by molar-refractivity contribution is 5.93. The van der Waals surface area contributed by atoms with E-state index in [0.29, 0.717) is 19.4 Å². The van der Waals surface area contributed by atoms with Gasteiger partial charge in [0.25, 0.3) is 0 Å². The zero-order valence-corrected chi connectivity index (χ0v) is 18.6. The topological polar surface area (TPSA) is 116 Å². The number of carbonyl (C=O) groups is 2. The summed E-state index contributed by atoms with van der Waals surface area (Å²) in [5, 5.41) is 29.8. The van der Waals surface area contributed by atoms with Crippen LogP contribution in [0, 0.1) is 0 Å². The highest BCUT2D eigenvalue weighted by Crippen LogP contribution is 2.21. The monoisotopic (exact) mass is 429 g/mol. The molecular formula is C23H41O7-. The lowest BCUT2D eigenvalue weighted by Gasteiger charge is -2.35. The van der Waals surface area contributed by atoms with Crippen molar-refractivity contribution in [3.8, 4) is 0 Å². The molecule has 30 heavy (non-hydrogen) atoms. The molecule has 7 nitrogen and oxygen atoms in total. The maximum absolute atomic E-state index is 11.2. The Hall–Kier alpha value is -1.02. The summed E-state index contributed by atoms with van der Waals surface area (Å²) in [6.45, 7) is 2.36. The number of rotatable bonds is 18. The molecule has 0 radical (unpaired) electrons. The molecule has 0 amide bonds. The van der Waals surface area contributed by atoms with Crippen molar-refractivity contribution in [3.05, 3.63) is 0 Å². The summed E-state index contributed by atoms with van der Waals surface area (Å²) >= 11 is 0. The van der Waals surface area contributed by atoms with Crippen LogP contribution in [0.4, 0.5) is 0 Å². The van der Waals surface area contributed by atoms with Gasteiger partial charge < -0.3 is 29.6 Å². The first-order chi connectivity index (χ1) is 14.4. The average molecular weight is 430 g/mol. The average Bonchev–Trinajstić information content (AvgIpc) is 2.68. The minimum atomic E-state index is -1.28. The van der Waals surface area contributed by atoms with Crippen LogP contribution in [0.1, 0.15) is 103 Å². The number of hydrogen-bond acceptors (Lipinski definition) is 7. The number of carbonyl (C=O) groups excluding carboxylic acids is 2. The van der Waals surface area contributed by atoms with Gasteiger partial charge in [0.15, 0.2) is 6.29 Å². The Morgan fingerprint density at radius 3 is 1.90 bits per heavy atom. The van der Waals surface area contributed by atoms with Gasteiger partial charge in [-0.3, -0.25) is 4.79 Å². The Kier molecular flexibility index (Phi) is 15.0. The summed E-state index contributed by atoms with van der Waals surface area (Å²) in [6.07, 6.45) is 11.4. The molecule has 0 unspecified atom stereocenters. The first-order valence-corrected chi connectivity index (χ1v) is 11.7. The van der Waals surface area contributed by atoms with Gasteiger partial charge in [-0.2, -0.15) is 0 Å². The fourth-order valence-electron chi connectivity index (χ4n) is 3.73. The van der Waals surface area contributed by atoms with Crippen LogP contribution < -0.4 is 5.11 Å². The molecule has 0 aromatic heterocycles. The maximum atomic E-state index is 11.2. The lowest BCUT2D eigenvalue weighted by Crippen LogP contribution is -2.47. The third kappa shape index (κ3) is 13.3. The molecule has 1 aliphatic heterocycles. The van der Waals surface area contributed by atoms with Crippen LogP contribution in [-0.4, -0.2) is 53.2 Å². The van der Waals surface area contributed by atoms with Crippen molar-refractivity contribution in [2.75, 3.05) is 6.61 Å². The van der Waals surface area contributed by atoms with Crippen LogP contribution in [0.3, 0.4) is 0 Å². The number of carboxylic acid groups (broad SMARTS) is 1. The van der Waals surface area contributed by atoms with Crippen LogP contribution in [0.5, 0.6) is 0 Å². The molecular weight excluding hydrogens is 388 g/mol. The number of Topliss-reactive ketones (excluding diaryl/α,β-unsaturated/α-hetero) is 1. The van der Waals surface area contributed by atoms with Crippen molar-refractivity contribution < 1.29 is 34.4 Å². The smallest absolute Gasteiger partial charge is 0.183 e. The molecule has 1 rings (SSSR count). The van der Waals surface area contributed by atoms with E-state index in [1.54, 1.807) is 6.92 Å². The van der Waals surface area contributed by atoms with E-state index in [2.05, 4.69) is 0 Å². The third-order valence-electron chi connectivity index (χ3n) is 5.66. The standard InChI is InChI=1S/C23H42O7/c1-18-20(25)17-21(26)23(30-18)29-15-13-11-9-7-5-3-2-4-6-8-10-12-14-19(24)16-22(27)28/h18,20-21,23,25-26H,2-17H2,1H3,(H,27,28)/p-1/t18-,20+,21+,23+/m0/s1. The molecule has 1 aliphatic rings. The van der Waals surface area contributed by atoms with Gasteiger partial charge in [-0.25, -0.2) is 0 Å². The van der Waals surface area contributed by atoms with E-state index in [1.807, 2.05) is 0 Å². The van der Waals surface area contributed by atoms with E-state index in [4.69, 9.17) is 9.47 Å². The summed E-state index contributed by atoms with van der Waals surface area (Å²) < 4.78 is 11.1. The first kappa shape index (κ1) is 27.0. The molecule has 0 bridgehead atoms. The zero-order valence-electron chi connectivity index (χ0n) is 18.6. The molecule has 0 saturated carbocycles. The molecule has 1 heterocycles. The zero-order chi connectivity index (χ0) is 22.2. The van der Waals surface area contributed by atoms with Crippen LogP contribution >= 0.6 is 0 Å². The van der Waals surface area contributed by atoms with Gasteiger partial charge >= 0.3 is 0 Å². The molecule has 2 N–H and O–H groups in total. The van der Waals surface area contributed by atoms with Gasteiger partial charge in [-0.1, -0.05) is 64.2 Å². The van der Waals surface area contributed by atoms with Crippen LogP contribution in [-0.2, 0) is 19.1 Å². The molecule has 176 valence electrons. The number of aliphatic carboxylic acids is 1. The van der Waals surface area contributed by atoms with Gasteiger partial charge in [-0.05, 0) is 19.8 Å². The second-order valence-electron chi connectivity index (χ2n) is 8.53. The van der Waals surface area contributed by atoms with E-state index in [0.717, 1.165) is 32.1 Å². The van der Waals surface area contributed by atoms with Crippen molar-refractivity contribution in [1.82, 2.24) is 0 Å². The lowest BCUT2D eigenvalue weighted by molar-refractivity contribution is -0.304. The summed E-state index contributed by atoms with van der Waals surface area (Å²) in [6, 6.07) is 0. The largest absolute Gasteiger partial charge is 0.550 e. The minimum Gasteiger partial charge on any atom is -0.550 e. The van der Waals surface area contributed by atoms with E-state index in [9.17, 15) is 24.9 Å². The van der Waals surface area contributed by atoms with E-state index in [1.165, 1.54) is 44.9 Å². The summed E-state index contributed by atoms with van der Waals surface area (Å²) in [4.78, 5) is 21.5. The van der Waals surface area contributed by atoms with Gasteiger partial charge in [0.05, 0.1) is 12.2 Å². The second-order valence-corrected chi connectivity index (χ2v) is 8.53. The van der Waals surface area contributed by atoms with Crippen LogP contribution in [0.15, 0.2) is 0 Å². The number of unbranched alkanes of at least 4 members (excludes halogenated alkanes) is 11. The van der Waals surface area contributed by atoms with Crippen LogP contribution in [0.2, 0.25) is 0 Å². The third-order valence-corrected chi connectivity index (χ3v) is 5.66. The van der Waals surface area contributed by atoms with Gasteiger partial charge in [-0.15, -0.1) is 0 Å². The maximum Gasteiger partial charge on any atom is 0.183 e. The van der Waals surface area contributed by atoms with Crippen LogP contribution in [0.25, 0.3) is 0 Å². The number of ketones is 1. The molecule has 0 aromatic rings. The Morgan fingerprint density at radius 2 is 1.37 bits per heavy atom. The minimum absolute atomic E-state index is 0.226. The predicted molar refractivity (Wildman–Crippen MR) is 112 cm³/mol. The van der Waals surface area contributed by atoms with Gasteiger partial charge in [0, 0.05) is 31.8 Å². The molecule has 0 aliphatic carbocycles. The summed E-state index contributed by atoms with van der Waals surface area (Å²) in [7, 11) is 0. The number of ether oxygens (including phenoxy) is 2. The highest BCUT2D eigenvalue weighted by atomic mass is 16.7. The fraction of sp³-hybridized carbons (Fsp3) is 0.913. The van der Waals surface area contributed by atoms with Gasteiger partial charge in [0.2, 0.25) is 0 Å². The molecule has 1 saturated heterocycles. The SMILES string of the molecule is C[C@@H]1O[C@@H](OCCCCCCCCCCCCCCC(=O)CC(=O)[O-])[C@H](O)C[C@H]1O. The number of aliphatic hydroxyl groups excluding tert-OH is 2. The van der Waals surface area contributed by atoms with Crippen molar-refractivity contribution in [2.45, 2.75) is 128 Å². The Morgan fingerprint density at radius 1 is 0.867 bits per heavy atom. The van der Waals surface area contributed by atoms with Crippen molar-refractivity contribution >= 4 is 11.8 Å². The van der Waals surface area contributed by atoms with E-state index < -0.39 is 30.9 Å². The summed E-state index contributed by atoms with van der Waals surface area (Å²) in [5.41, 5.74) is 0. The molecule has 4 atom stereocenters. The molecule has 0 spiro atoms. The molecule has 1 fully saturated rings. The Balaban J connectivity index is 1.80. The normalized spacial score (nSPS) is 24.1. The van der Waals surface area contributed by atoms with Crippen molar-refractivity contribution in [3.63, 3.8) is 0 Å². The van der Waals surface area contributed by atoms with Crippen molar-refractivity contribution in [2.24, 2.45) is 0 Å².